The second kappa shape index (κ2) is 8.07. The minimum Gasteiger partial charge on any atom is -0.383 e. The lowest BCUT2D eigenvalue weighted by Gasteiger charge is -2.36. The van der Waals surface area contributed by atoms with Crippen molar-refractivity contribution in [2.45, 2.75) is 10.9 Å². The van der Waals surface area contributed by atoms with Crippen molar-refractivity contribution >= 4 is 51.5 Å². The molecular formula is C15H17Cl3N4O2S. The van der Waals surface area contributed by atoms with Crippen LogP contribution in [0.15, 0.2) is 41.4 Å². The van der Waals surface area contributed by atoms with Gasteiger partial charge in [-0.1, -0.05) is 41.4 Å². The quantitative estimate of drug-likeness (QED) is 0.792. The molecular weight excluding hydrogens is 407 g/mol. The van der Waals surface area contributed by atoms with Gasteiger partial charge >= 0.3 is 0 Å². The van der Waals surface area contributed by atoms with Crippen LogP contribution in [0.25, 0.3) is 0 Å². The molecule has 6 nitrogen and oxygen atoms in total. The van der Waals surface area contributed by atoms with Gasteiger partial charge in [-0.15, -0.1) is 12.4 Å². The molecule has 0 aliphatic carbocycles. The minimum atomic E-state index is -3.87. The van der Waals surface area contributed by atoms with E-state index in [1.807, 2.05) is 12.1 Å². The van der Waals surface area contributed by atoms with E-state index in [2.05, 4.69) is 10.3 Å². The zero-order valence-corrected chi connectivity index (χ0v) is 16.2. The summed E-state index contributed by atoms with van der Waals surface area (Å²) >= 11 is 12.2. The second-order valence-corrected chi connectivity index (χ2v) is 8.10. The van der Waals surface area contributed by atoms with Crippen LogP contribution in [0.3, 0.4) is 0 Å². The van der Waals surface area contributed by atoms with E-state index >= 15 is 0 Å². The van der Waals surface area contributed by atoms with E-state index < -0.39 is 16.1 Å². The molecule has 1 aromatic heterocycles. The summed E-state index contributed by atoms with van der Waals surface area (Å²) in [4.78, 5) is 3.76. The molecule has 1 aliphatic heterocycles. The summed E-state index contributed by atoms with van der Waals surface area (Å²) in [6.07, 6.45) is 1.32. The molecule has 2 aromatic rings. The fraction of sp³-hybridized carbons (Fsp3) is 0.267. The highest BCUT2D eigenvalue weighted by Gasteiger charge is 2.36. The first-order chi connectivity index (χ1) is 11.4. The van der Waals surface area contributed by atoms with Gasteiger partial charge in [0.05, 0.1) is 11.1 Å². The second-order valence-electron chi connectivity index (χ2n) is 5.39. The number of rotatable bonds is 3. The van der Waals surface area contributed by atoms with Gasteiger partial charge in [0.1, 0.15) is 10.7 Å². The van der Waals surface area contributed by atoms with Gasteiger partial charge in [-0.05, 0) is 17.7 Å². The van der Waals surface area contributed by atoms with Crippen LogP contribution in [0.2, 0.25) is 10.0 Å². The largest absolute Gasteiger partial charge is 0.383 e. The molecule has 0 spiro atoms. The Bertz CT molecular complexity index is 864. The first-order valence-corrected chi connectivity index (χ1v) is 9.49. The van der Waals surface area contributed by atoms with E-state index in [4.69, 9.17) is 28.9 Å². The summed E-state index contributed by atoms with van der Waals surface area (Å²) in [6, 6.07) is 8.09. The molecule has 1 aromatic carbocycles. The predicted molar refractivity (Wildman–Crippen MR) is 102 cm³/mol. The standard InChI is InChI=1S/C15H16Cl2N4O2S.ClH/c16-10-7-14(15(18)20-8-10)24(22,23)21-6-5-19-9-13(21)11-3-1-2-4-12(11)17;/h1-4,7-8,13,19H,5-6,9H2,(H2,18,20);1H. The van der Waals surface area contributed by atoms with Crippen LogP contribution in [0, 0.1) is 0 Å². The number of sulfonamides is 1. The van der Waals surface area contributed by atoms with Crippen molar-refractivity contribution in [3.05, 3.63) is 52.1 Å². The van der Waals surface area contributed by atoms with Crippen LogP contribution in [0.4, 0.5) is 5.82 Å². The molecule has 0 amide bonds. The first-order valence-electron chi connectivity index (χ1n) is 7.29. The number of hydrogen-bond acceptors (Lipinski definition) is 5. The number of nitrogen functional groups attached to an aromatic ring is 1. The number of nitrogens with one attached hydrogen (secondary N) is 1. The molecule has 0 bridgehead atoms. The number of halogens is 3. The maximum Gasteiger partial charge on any atom is 0.247 e. The highest BCUT2D eigenvalue weighted by Crippen LogP contribution is 2.34. The fourth-order valence-electron chi connectivity index (χ4n) is 2.75. The number of piperazine rings is 1. The molecule has 1 atom stereocenters. The Hall–Kier alpha value is -1.09. The Labute approximate surface area is 162 Å². The Morgan fingerprint density at radius 3 is 2.72 bits per heavy atom. The molecule has 1 unspecified atom stereocenters. The summed E-state index contributed by atoms with van der Waals surface area (Å²) in [6.45, 7) is 1.29. The van der Waals surface area contributed by atoms with E-state index in [1.165, 1.54) is 16.6 Å². The lowest BCUT2D eigenvalue weighted by Crippen LogP contribution is -2.48. The van der Waals surface area contributed by atoms with Gasteiger partial charge in [0.15, 0.2) is 0 Å². The van der Waals surface area contributed by atoms with Crippen LogP contribution in [0.1, 0.15) is 11.6 Å². The van der Waals surface area contributed by atoms with Crippen molar-refractivity contribution in [1.29, 1.82) is 0 Å². The normalized spacial score (nSPS) is 18.6. The Morgan fingerprint density at radius 2 is 2.00 bits per heavy atom. The maximum absolute atomic E-state index is 13.1. The smallest absolute Gasteiger partial charge is 0.247 e. The summed E-state index contributed by atoms with van der Waals surface area (Å²) in [5, 5.41) is 3.93. The van der Waals surface area contributed by atoms with E-state index in [-0.39, 0.29) is 28.1 Å². The molecule has 3 N–H and O–H groups in total. The van der Waals surface area contributed by atoms with Crippen LogP contribution in [-0.2, 0) is 10.0 Å². The van der Waals surface area contributed by atoms with Crippen molar-refractivity contribution in [2.24, 2.45) is 0 Å². The Kier molecular flexibility index (Phi) is 6.53. The topological polar surface area (TPSA) is 88.3 Å². The average molecular weight is 424 g/mol. The molecule has 0 saturated carbocycles. The number of benzene rings is 1. The zero-order chi connectivity index (χ0) is 17.3. The van der Waals surface area contributed by atoms with E-state index in [1.54, 1.807) is 12.1 Å². The molecule has 0 radical (unpaired) electrons. The highest BCUT2D eigenvalue weighted by atomic mass is 35.5. The number of nitrogens with two attached hydrogens (primary N) is 1. The summed E-state index contributed by atoms with van der Waals surface area (Å²) in [7, 11) is -3.87. The molecule has 136 valence electrons. The van der Waals surface area contributed by atoms with Crippen molar-refractivity contribution < 1.29 is 8.42 Å². The Balaban J connectivity index is 0.00000225. The Morgan fingerprint density at radius 1 is 1.28 bits per heavy atom. The number of aromatic nitrogens is 1. The van der Waals surface area contributed by atoms with Crippen LogP contribution >= 0.6 is 35.6 Å². The number of hydrogen-bond donors (Lipinski definition) is 2. The molecule has 1 fully saturated rings. The SMILES string of the molecule is Cl.Nc1ncc(Cl)cc1S(=O)(=O)N1CCNCC1c1ccccc1Cl. The minimum absolute atomic E-state index is 0. The maximum atomic E-state index is 13.1. The van der Waals surface area contributed by atoms with Gasteiger partial charge in [0.2, 0.25) is 10.0 Å². The monoisotopic (exact) mass is 422 g/mol. The summed E-state index contributed by atoms with van der Waals surface area (Å²) in [5.74, 6) is -0.0733. The molecule has 1 aliphatic rings. The van der Waals surface area contributed by atoms with Gasteiger partial charge in [0.25, 0.3) is 0 Å². The van der Waals surface area contributed by atoms with Gasteiger partial charge in [-0.25, -0.2) is 13.4 Å². The first kappa shape index (κ1) is 20.2. The lowest BCUT2D eigenvalue weighted by molar-refractivity contribution is 0.271. The van der Waals surface area contributed by atoms with E-state index in [0.29, 0.717) is 24.7 Å². The number of anilines is 1. The highest BCUT2D eigenvalue weighted by molar-refractivity contribution is 7.89. The average Bonchev–Trinajstić information content (AvgIpc) is 2.57. The molecule has 3 rings (SSSR count). The molecule has 25 heavy (non-hydrogen) atoms. The fourth-order valence-corrected chi connectivity index (χ4v) is 4.93. The van der Waals surface area contributed by atoms with Gasteiger partial charge < -0.3 is 11.1 Å². The molecule has 1 saturated heterocycles. The van der Waals surface area contributed by atoms with Crippen molar-refractivity contribution in [1.82, 2.24) is 14.6 Å². The van der Waals surface area contributed by atoms with Crippen molar-refractivity contribution in [2.75, 3.05) is 25.4 Å². The summed E-state index contributed by atoms with van der Waals surface area (Å²) < 4.78 is 27.7. The molecule has 10 heteroatoms. The van der Waals surface area contributed by atoms with Crippen LogP contribution in [0.5, 0.6) is 0 Å². The third-order valence-corrected chi connectivity index (χ3v) is 6.38. The van der Waals surface area contributed by atoms with Crippen LogP contribution in [-0.4, -0.2) is 37.3 Å². The summed E-state index contributed by atoms with van der Waals surface area (Å²) in [5.41, 5.74) is 6.52. The third-order valence-electron chi connectivity index (χ3n) is 3.89. The number of pyridine rings is 1. The molecule has 2 heterocycles. The van der Waals surface area contributed by atoms with Gasteiger partial charge in [0, 0.05) is 30.9 Å². The van der Waals surface area contributed by atoms with E-state index in [9.17, 15) is 8.42 Å². The van der Waals surface area contributed by atoms with E-state index in [0.717, 1.165) is 5.56 Å². The van der Waals surface area contributed by atoms with Gasteiger partial charge in [-0.3, -0.25) is 0 Å². The van der Waals surface area contributed by atoms with Gasteiger partial charge in [-0.2, -0.15) is 4.31 Å². The lowest BCUT2D eigenvalue weighted by atomic mass is 10.1. The zero-order valence-electron chi connectivity index (χ0n) is 13.0. The van der Waals surface area contributed by atoms with Crippen molar-refractivity contribution in [3.63, 3.8) is 0 Å². The number of nitrogens with zero attached hydrogens (tertiary/aromatic N) is 2. The third kappa shape index (κ3) is 4.02. The predicted octanol–water partition coefficient (Wildman–Crippen LogP) is 2.73. The van der Waals surface area contributed by atoms with Crippen molar-refractivity contribution in [3.8, 4) is 0 Å². The van der Waals surface area contributed by atoms with Crippen LogP contribution < -0.4 is 11.1 Å².